The summed E-state index contributed by atoms with van der Waals surface area (Å²) in [5.41, 5.74) is 1.01. The summed E-state index contributed by atoms with van der Waals surface area (Å²) < 4.78 is 11.1. The fourth-order valence-corrected chi connectivity index (χ4v) is 3.31. The quantitative estimate of drug-likeness (QED) is 0.591. The van der Waals surface area contributed by atoms with E-state index in [1.807, 2.05) is 41.8 Å². The van der Waals surface area contributed by atoms with Crippen LogP contribution in [0.25, 0.3) is 10.8 Å². The number of ether oxygens (including phenoxy) is 1. The van der Waals surface area contributed by atoms with Gasteiger partial charge >= 0.3 is 0 Å². The molecule has 8 heteroatoms. The van der Waals surface area contributed by atoms with E-state index in [9.17, 15) is 5.11 Å². The zero-order chi connectivity index (χ0) is 16.8. The minimum absolute atomic E-state index is 0.238. The number of hydrogen-bond acceptors (Lipinski definition) is 7. The summed E-state index contributed by atoms with van der Waals surface area (Å²) >= 11 is 8.68. The van der Waals surface area contributed by atoms with Crippen molar-refractivity contribution in [3.8, 4) is 10.8 Å². The van der Waals surface area contributed by atoms with Gasteiger partial charge in [-0.2, -0.15) is 0 Å². The van der Waals surface area contributed by atoms with Crippen LogP contribution >= 0.6 is 34.7 Å². The molecule has 3 rings (SSSR count). The molecule has 1 aromatic carbocycles. The number of thiophene rings is 1. The van der Waals surface area contributed by atoms with Gasteiger partial charge in [0.15, 0.2) is 0 Å². The second-order valence-corrected chi connectivity index (χ2v) is 7.31. The monoisotopic (exact) mass is 382 g/mol. The first-order chi connectivity index (χ1) is 11.7. The highest BCUT2D eigenvalue weighted by molar-refractivity contribution is 7.99. The van der Waals surface area contributed by atoms with E-state index in [1.54, 1.807) is 11.3 Å². The molecule has 0 fully saturated rings. The molecule has 0 radical (unpaired) electrons. The Labute approximate surface area is 152 Å². The Balaban J connectivity index is 1.39. The van der Waals surface area contributed by atoms with Crippen molar-refractivity contribution < 1.29 is 14.3 Å². The maximum atomic E-state index is 9.97. The number of thioether (sulfide) groups is 1. The number of aliphatic hydroxyl groups excluding tert-OH is 1. The summed E-state index contributed by atoms with van der Waals surface area (Å²) in [7, 11) is 0. The summed E-state index contributed by atoms with van der Waals surface area (Å²) in [5.74, 6) is 0.924. The third kappa shape index (κ3) is 5.06. The van der Waals surface area contributed by atoms with Crippen molar-refractivity contribution in [3.63, 3.8) is 0 Å². The number of hydrogen-bond donors (Lipinski definition) is 1. The van der Waals surface area contributed by atoms with Crippen molar-refractivity contribution in [1.29, 1.82) is 0 Å². The lowest BCUT2D eigenvalue weighted by molar-refractivity contribution is 0.0397. The van der Waals surface area contributed by atoms with Crippen LogP contribution in [0.5, 0.6) is 0 Å². The number of aromatic nitrogens is 2. The van der Waals surface area contributed by atoms with E-state index in [4.69, 9.17) is 20.8 Å². The SMILES string of the molecule is O[C@@H](COCc1ccc(Cl)cc1)CSc1nnc(-c2cccs2)o1. The number of nitrogens with zero attached hydrogens (tertiary/aromatic N) is 2. The Morgan fingerprint density at radius 3 is 2.83 bits per heavy atom. The van der Waals surface area contributed by atoms with E-state index in [2.05, 4.69) is 10.2 Å². The first-order valence-corrected chi connectivity index (χ1v) is 9.45. The average molecular weight is 383 g/mol. The molecule has 0 aliphatic heterocycles. The molecule has 0 amide bonds. The van der Waals surface area contributed by atoms with Crippen LogP contribution in [0.2, 0.25) is 5.02 Å². The molecule has 0 saturated heterocycles. The molecular formula is C16H15ClN2O3S2. The molecule has 2 aromatic heterocycles. The molecule has 5 nitrogen and oxygen atoms in total. The second kappa shape index (κ2) is 8.64. The normalized spacial score (nSPS) is 12.4. The van der Waals surface area contributed by atoms with Gasteiger partial charge in [0.25, 0.3) is 11.1 Å². The first kappa shape index (κ1) is 17.4. The lowest BCUT2D eigenvalue weighted by atomic mass is 10.2. The minimum Gasteiger partial charge on any atom is -0.410 e. The van der Waals surface area contributed by atoms with Gasteiger partial charge < -0.3 is 14.3 Å². The van der Waals surface area contributed by atoms with Crippen molar-refractivity contribution >= 4 is 34.7 Å². The van der Waals surface area contributed by atoms with Gasteiger partial charge in [0.1, 0.15) is 0 Å². The van der Waals surface area contributed by atoms with Crippen LogP contribution in [0.15, 0.2) is 51.4 Å². The van der Waals surface area contributed by atoms with Crippen molar-refractivity contribution in [2.45, 2.75) is 17.9 Å². The summed E-state index contributed by atoms with van der Waals surface area (Å²) in [6, 6.07) is 11.3. The topological polar surface area (TPSA) is 68.4 Å². The standard InChI is InChI=1S/C16H15ClN2O3S2/c17-12-5-3-11(4-6-12)8-21-9-13(20)10-24-16-19-18-15(22-16)14-2-1-7-23-14/h1-7,13,20H,8-10H2/t13-/m0/s1. The highest BCUT2D eigenvalue weighted by Crippen LogP contribution is 2.26. The van der Waals surface area contributed by atoms with Crippen LogP contribution in [0.4, 0.5) is 0 Å². The predicted octanol–water partition coefficient (Wildman–Crippen LogP) is 4.12. The van der Waals surface area contributed by atoms with E-state index >= 15 is 0 Å². The average Bonchev–Trinajstić information content (AvgIpc) is 3.26. The number of benzene rings is 1. The predicted molar refractivity (Wildman–Crippen MR) is 95.4 cm³/mol. The Kier molecular flexibility index (Phi) is 6.28. The fraction of sp³-hybridized carbons (Fsp3) is 0.250. The van der Waals surface area contributed by atoms with Gasteiger partial charge in [-0.05, 0) is 29.1 Å². The van der Waals surface area contributed by atoms with Crippen molar-refractivity contribution in [2.75, 3.05) is 12.4 Å². The van der Waals surface area contributed by atoms with E-state index in [1.165, 1.54) is 11.8 Å². The van der Waals surface area contributed by atoms with Gasteiger partial charge in [-0.15, -0.1) is 21.5 Å². The Morgan fingerprint density at radius 1 is 1.25 bits per heavy atom. The van der Waals surface area contributed by atoms with E-state index in [-0.39, 0.29) is 6.61 Å². The molecule has 0 bridgehead atoms. The Hall–Kier alpha value is -1.38. The summed E-state index contributed by atoms with van der Waals surface area (Å²) in [4.78, 5) is 0.932. The number of aliphatic hydroxyl groups is 1. The molecular weight excluding hydrogens is 368 g/mol. The molecule has 24 heavy (non-hydrogen) atoms. The molecule has 0 aliphatic carbocycles. The fourth-order valence-electron chi connectivity index (χ4n) is 1.88. The van der Waals surface area contributed by atoms with Crippen molar-refractivity contribution in [3.05, 3.63) is 52.4 Å². The Morgan fingerprint density at radius 2 is 2.08 bits per heavy atom. The van der Waals surface area contributed by atoms with Crippen LogP contribution in [0.1, 0.15) is 5.56 Å². The maximum Gasteiger partial charge on any atom is 0.276 e. The summed E-state index contributed by atoms with van der Waals surface area (Å²) in [5, 5.41) is 21.0. The third-order valence-electron chi connectivity index (χ3n) is 3.03. The molecule has 1 N–H and O–H groups in total. The largest absolute Gasteiger partial charge is 0.410 e. The molecule has 2 heterocycles. The highest BCUT2D eigenvalue weighted by atomic mass is 35.5. The lowest BCUT2D eigenvalue weighted by Gasteiger charge is -2.09. The molecule has 0 aliphatic rings. The highest BCUT2D eigenvalue weighted by Gasteiger charge is 2.12. The zero-order valence-corrected chi connectivity index (χ0v) is 15.0. The van der Waals surface area contributed by atoms with Crippen molar-refractivity contribution in [1.82, 2.24) is 10.2 Å². The molecule has 126 valence electrons. The molecule has 0 unspecified atom stereocenters. The van der Waals surface area contributed by atoms with E-state index in [0.717, 1.165) is 10.4 Å². The van der Waals surface area contributed by atoms with Crippen LogP contribution in [-0.2, 0) is 11.3 Å². The van der Waals surface area contributed by atoms with Crippen LogP contribution in [0.3, 0.4) is 0 Å². The van der Waals surface area contributed by atoms with Crippen LogP contribution < -0.4 is 0 Å². The summed E-state index contributed by atoms with van der Waals surface area (Å²) in [6.07, 6.45) is -0.612. The van der Waals surface area contributed by atoms with Gasteiger partial charge in [0.2, 0.25) is 0 Å². The minimum atomic E-state index is -0.612. The van der Waals surface area contributed by atoms with Gasteiger partial charge in [-0.3, -0.25) is 0 Å². The van der Waals surface area contributed by atoms with Crippen LogP contribution in [-0.4, -0.2) is 33.8 Å². The van der Waals surface area contributed by atoms with Gasteiger partial charge in [-0.25, -0.2) is 0 Å². The van der Waals surface area contributed by atoms with E-state index in [0.29, 0.717) is 28.5 Å². The molecule has 0 spiro atoms. The third-order valence-corrected chi connectivity index (χ3v) is 5.10. The smallest absolute Gasteiger partial charge is 0.276 e. The first-order valence-electron chi connectivity index (χ1n) is 7.21. The van der Waals surface area contributed by atoms with Gasteiger partial charge in [-0.1, -0.05) is 41.6 Å². The molecule has 0 saturated carbocycles. The summed E-state index contributed by atoms with van der Waals surface area (Å²) in [6.45, 7) is 0.670. The number of halogens is 1. The maximum absolute atomic E-state index is 9.97. The van der Waals surface area contributed by atoms with Crippen molar-refractivity contribution in [2.24, 2.45) is 0 Å². The lowest BCUT2D eigenvalue weighted by Crippen LogP contribution is -2.17. The Bertz CT molecular complexity index is 747. The number of rotatable bonds is 8. The molecule has 3 aromatic rings. The van der Waals surface area contributed by atoms with Gasteiger partial charge in [0.05, 0.1) is 24.2 Å². The van der Waals surface area contributed by atoms with Gasteiger partial charge in [0, 0.05) is 10.8 Å². The molecule has 1 atom stereocenters. The second-order valence-electron chi connectivity index (χ2n) is 4.96. The zero-order valence-electron chi connectivity index (χ0n) is 12.6. The van der Waals surface area contributed by atoms with Crippen LogP contribution in [0, 0.1) is 0 Å². The van der Waals surface area contributed by atoms with E-state index < -0.39 is 6.10 Å².